The highest BCUT2D eigenvalue weighted by molar-refractivity contribution is 6.31. The van der Waals surface area contributed by atoms with E-state index in [1.807, 2.05) is 6.92 Å². The minimum atomic E-state index is -1.04. The predicted octanol–water partition coefficient (Wildman–Crippen LogP) is 1.43. The normalized spacial score (nSPS) is 12.0. The van der Waals surface area contributed by atoms with E-state index in [2.05, 4.69) is 15.7 Å². The molecule has 0 radical (unpaired) electrons. The third-order valence-corrected chi connectivity index (χ3v) is 3.35. The second-order valence-electron chi connectivity index (χ2n) is 4.48. The van der Waals surface area contributed by atoms with Crippen molar-refractivity contribution in [2.24, 2.45) is 7.05 Å². The Morgan fingerprint density at radius 2 is 2.15 bits per heavy atom. The highest BCUT2D eigenvalue weighted by Crippen LogP contribution is 2.18. The number of aromatic nitrogens is 2. The Hall–Kier alpha value is -1.76. The Kier molecular flexibility index (Phi) is 5.82. The van der Waals surface area contributed by atoms with Crippen molar-refractivity contribution in [3.8, 4) is 0 Å². The molecule has 1 aromatic heterocycles. The first-order chi connectivity index (χ1) is 9.36. The molecule has 0 aliphatic heterocycles. The van der Waals surface area contributed by atoms with Gasteiger partial charge in [0.1, 0.15) is 6.04 Å². The monoisotopic (exact) mass is 302 g/mol. The zero-order chi connectivity index (χ0) is 15.3. The van der Waals surface area contributed by atoms with Gasteiger partial charge in [0.25, 0.3) is 0 Å². The van der Waals surface area contributed by atoms with E-state index in [4.69, 9.17) is 16.7 Å². The number of carbonyl (C=O) groups excluding carboxylic acids is 1. The van der Waals surface area contributed by atoms with Crippen LogP contribution in [0.1, 0.15) is 31.2 Å². The maximum atomic E-state index is 11.7. The first-order valence-corrected chi connectivity index (χ1v) is 6.69. The van der Waals surface area contributed by atoms with Gasteiger partial charge in [0.2, 0.25) is 0 Å². The van der Waals surface area contributed by atoms with E-state index in [0.717, 1.165) is 0 Å². The zero-order valence-corrected chi connectivity index (χ0v) is 12.5. The molecule has 0 saturated carbocycles. The van der Waals surface area contributed by atoms with E-state index in [1.165, 1.54) is 0 Å². The summed E-state index contributed by atoms with van der Waals surface area (Å²) in [7, 11) is 1.73. The number of carboxylic acids is 1. The number of aryl methyl sites for hydroxylation is 2. The van der Waals surface area contributed by atoms with Gasteiger partial charge in [0, 0.05) is 7.05 Å². The number of nitrogens with zero attached hydrogens (tertiary/aromatic N) is 2. The van der Waals surface area contributed by atoms with Crippen LogP contribution in [-0.4, -0.2) is 32.9 Å². The summed E-state index contributed by atoms with van der Waals surface area (Å²) >= 11 is 6.05. The van der Waals surface area contributed by atoms with Crippen LogP contribution in [0.15, 0.2) is 0 Å². The fourth-order valence-corrected chi connectivity index (χ4v) is 2.02. The summed E-state index contributed by atoms with van der Waals surface area (Å²) in [6, 6.07) is -1.43. The van der Waals surface area contributed by atoms with Gasteiger partial charge in [-0.1, -0.05) is 24.9 Å². The molecule has 112 valence electrons. The van der Waals surface area contributed by atoms with Gasteiger partial charge in [-0.15, -0.1) is 0 Å². The van der Waals surface area contributed by atoms with Gasteiger partial charge in [0.05, 0.1) is 23.0 Å². The fraction of sp³-hybridized carbons (Fsp3) is 0.583. The zero-order valence-electron chi connectivity index (χ0n) is 11.7. The van der Waals surface area contributed by atoms with Crippen LogP contribution in [0.2, 0.25) is 5.02 Å². The molecule has 1 rings (SSSR count). The maximum absolute atomic E-state index is 11.7. The lowest BCUT2D eigenvalue weighted by Gasteiger charge is -2.14. The largest absolute Gasteiger partial charge is 0.480 e. The molecule has 1 atom stereocenters. The molecule has 0 saturated heterocycles. The van der Waals surface area contributed by atoms with Gasteiger partial charge in [-0.2, -0.15) is 5.10 Å². The van der Waals surface area contributed by atoms with Gasteiger partial charge < -0.3 is 15.7 Å². The van der Waals surface area contributed by atoms with Crippen LogP contribution >= 0.6 is 11.6 Å². The maximum Gasteiger partial charge on any atom is 0.326 e. The number of amides is 2. The van der Waals surface area contributed by atoms with Crippen LogP contribution in [0, 0.1) is 6.92 Å². The third-order valence-electron chi connectivity index (χ3n) is 2.86. The molecule has 8 heteroatoms. The van der Waals surface area contributed by atoms with E-state index >= 15 is 0 Å². The number of urea groups is 1. The Labute approximate surface area is 122 Å². The molecule has 2 amide bonds. The second-order valence-corrected chi connectivity index (χ2v) is 4.85. The van der Waals surface area contributed by atoms with E-state index in [0.29, 0.717) is 29.3 Å². The van der Waals surface area contributed by atoms with E-state index in [1.54, 1.807) is 18.7 Å². The van der Waals surface area contributed by atoms with E-state index in [9.17, 15) is 9.59 Å². The fourth-order valence-electron chi connectivity index (χ4n) is 1.79. The molecule has 0 fully saturated rings. The average molecular weight is 303 g/mol. The summed E-state index contributed by atoms with van der Waals surface area (Å²) in [4.78, 5) is 22.6. The summed E-state index contributed by atoms with van der Waals surface area (Å²) in [6.07, 6.45) is 1.05. The van der Waals surface area contributed by atoms with Crippen molar-refractivity contribution >= 4 is 23.6 Å². The molecule has 20 heavy (non-hydrogen) atoms. The average Bonchev–Trinajstić information content (AvgIpc) is 2.60. The van der Waals surface area contributed by atoms with Gasteiger partial charge in [-0.05, 0) is 13.3 Å². The number of hydrogen-bond acceptors (Lipinski definition) is 3. The SMILES string of the molecule is CCCC(NC(=O)NCc1c(Cl)c(C)nn1C)C(=O)O. The minimum Gasteiger partial charge on any atom is -0.480 e. The minimum absolute atomic E-state index is 0.181. The topological polar surface area (TPSA) is 96.3 Å². The summed E-state index contributed by atoms with van der Waals surface area (Å²) in [5.41, 5.74) is 1.35. The molecule has 0 spiro atoms. The smallest absolute Gasteiger partial charge is 0.326 e. The molecule has 1 aromatic rings. The van der Waals surface area contributed by atoms with Gasteiger partial charge in [0.15, 0.2) is 0 Å². The summed E-state index contributed by atoms with van der Waals surface area (Å²) < 4.78 is 1.58. The molecule has 1 heterocycles. The summed E-state index contributed by atoms with van der Waals surface area (Å²) in [5, 5.41) is 18.6. The molecule has 0 aliphatic carbocycles. The van der Waals surface area contributed by atoms with E-state index in [-0.39, 0.29) is 6.54 Å². The molecule has 7 nitrogen and oxygen atoms in total. The number of carboxylic acid groups (broad SMARTS) is 1. The van der Waals surface area contributed by atoms with Crippen LogP contribution < -0.4 is 10.6 Å². The van der Waals surface area contributed by atoms with Crippen molar-refractivity contribution in [2.45, 2.75) is 39.3 Å². The highest BCUT2D eigenvalue weighted by atomic mass is 35.5. The van der Waals surface area contributed by atoms with Crippen molar-refractivity contribution in [1.82, 2.24) is 20.4 Å². The van der Waals surface area contributed by atoms with Crippen molar-refractivity contribution in [3.63, 3.8) is 0 Å². The van der Waals surface area contributed by atoms with Crippen molar-refractivity contribution in [2.75, 3.05) is 0 Å². The molecule has 3 N–H and O–H groups in total. The Bertz CT molecular complexity index is 501. The molecular formula is C12H19ClN4O3. The van der Waals surface area contributed by atoms with Crippen LogP contribution in [0.5, 0.6) is 0 Å². The predicted molar refractivity (Wildman–Crippen MR) is 74.7 cm³/mol. The number of nitrogens with one attached hydrogen (secondary N) is 2. The Balaban J connectivity index is 2.56. The first-order valence-electron chi connectivity index (χ1n) is 6.32. The first kappa shape index (κ1) is 16.3. The molecule has 0 aromatic carbocycles. The van der Waals surface area contributed by atoms with Gasteiger partial charge in [-0.3, -0.25) is 4.68 Å². The number of halogens is 1. The Morgan fingerprint density at radius 3 is 2.60 bits per heavy atom. The number of hydrogen-bond donors (Lipinski definition) is 3. The van der Waals surface area contributed by atoms with E-state index < -0.39 is 18.0 Å². The van der Waals surface area contributed by atoms with Crippen LogP contribution in [0.4, 0.5) is 4.79 Å². The summed E-state index contributed by atoms with van der Waals surface area (Å²) in [6.45, 7) is 3.81. The molecule has 0 bridgehead atoms. The lowest BCUT2D eigenvalue weighted by atomic mass is 10.2. The standard InChI is InChI=1S/C12H19ClN4O3/c1-4-5-8(11(18)19)15-12(20)14-6-9-10(13)7(2)16-17(9)3/h8H,4-6H2,1-3H3,(H,18,19)(H2,14,15,20). The van der Waals surface area contributed by atoms with Gasteiger partial charge in [-0.25, -0.2) is 9.59 Å². The second kappa shape index (κ2) is 7.14. The van der Waals surface area contributed by atoms with Gasteiger partial charge >= 0.3 is 12.0 Å². The van der Waals surface area contributed by atoms with Crippen molar-refractivity contribution in [1.29, 1.82) is 0 Å². The number of rotatable bonds is 6. The summed E-state index contributed by atoms with van der Waals surface area (Å²) in [5.74, 6) is -1.04. The Morgan fingerprint density at radius 1 is 1.50 bits per heavy atom. The molecule has 1 unspecified atom stereocenters. The highest BCUT2D eigenvalue weighted by Gasteiger charge is 2.19. The van der Waals surface area contributed by atoms with Crippen LogP contribution in [-0.2, 0) is 18.4 Å². The van der Waals surface area contributed by atoms with Crippen molar-refractivity contribution in [3.05, 3.63) is 16.4 Å². The lowest BCUT2D eigenvalue weighted by Crippen LogP contribution is -2.45. The third kappa shape index (κ3) is 4.12. The quantitative estimate of drug-likeness (QED) is 0.740. The lowest BCUT2D eigenvalue weighted by molar-refractivity contribution is -0.139. The van der Waals surface area contributed by atoms with Crippen LogP contribution in [0.25, 0.3) is 0 Å². The van der Waals surface area contributed by atoms with Crippen LogP contribution in [0.3, 0.4) is 0 Å². The molecule has 0 aliphatic rings. The number of carbonyl (C=O) groups is 2. The molecular weight excluding hydrogens is 284 g/mol. The van der Waals surface area contributed by atoms with Crippen molar-refractivity contribution < 1.29 is 14.7 Å². The number of aliphatic carboxylic acids is 1.